The minimum Gasteiger partial charge on any atom is -0.468 e. The minimum atomic E-state index is -0.140. The van der Waals surface area contributed by atoms with Crippen molar-refractivity contribution in [2.45, 2.75) is 59.3 Å². The summed E-state index contributed by atoms with van der Waals surface area (Å²) in [5.41, 5.74) is 3.70. The molecule has 4 aromatic heterocycles. The second-order valence-electron chi connectivity index (χ2n) is 9.23. The molecule has 4 heterocycles. The molecule has 5 aromatic rings. The molecule has 186 valence electrons. The summed E-state index contributed by atoms with van der Waals surface area (Å²) in [5.74, 6) is 2.31. The van der Waals surface area contributed by atoms with Crippen LogP contribution in [0.4, 0.5) is 0 Å². The van der Waals surface area contributed by atoms with E-state index in [2.05, 4.69) is 45.3 Å². The fraction of sp³-hybridized carbons (Fsp3) is 0.333. The maximum absolute atomic E-state index is 13.2. The summed E-state index contributed by atoms with van der Waals surface area (Å²) in [6.07, 6.45) is 5.03. The lowest BCUT2D eigenvalue weighted by atomic mass is 10.0. The Kier molecular flexibility index (Phi) is 6.81. The van der Waals surface area contributed by atoms with Crippen LogP contribution in [0, 0.1) is 13.8 Å². The van der Waals surface area contributed by atoms with Gasteiger partial charge in [-0.1, -0.05) is 19.4 Å². The Morgan fingerprint density at radius 1 is 1.06 bits per heavy atom. The first-order valence-corrected chi connectivity index (χ1v) is 12.2. The summed E-state index contributed by atoms with van der Waals surface area (Å²) in [4.78, 5) is 18.5. The van der Waals surface area contributed by atoms with Crippen molar-refractivity contribution >= 4 is 10.9 Å². The van der Waals surface area contributed by atoms with Gasteiger partial charge in [0.2, 0.25) is 0 Å². The highest BCUT2D eigenvalue weighted by Crippen LogP contribution is 2.29. The van der Waals surface area contributed by atoms with Crippen molar-refractivity contribution in [3.8, 4) is 0 Å². The number of pyridine rings is 1. The smallest absolute Gasteiger partial charge is 0.252 e. The zero-order valence-electron chi connectivity index (χ0n) is 20.8. The van der Waals surface area contributed by atoms with Crippen LogP contribution in [0.5, 0.6) is 0 Å². The topological polar surface area (TPSA) is 106 Å². The van der Waals surface area contributed by atoms with Crippen molar-refractivity contribution in [3.05, 3.63) is 99.4 Å². The fourth-order valence-electron chi connectivity index (χ4n) is 4.79. The first kappa shape index (κ1) is 23.7. The molecule has 0 spiro atoms. The van der Waals surface area contributed by atoms with Crippen molar-refractivity contribution in [2.24, 2.45) is 0 Å². The number of H-pyrrole nitrogens is 1. The summed E-state index contributed by atoms with van der Waals surface area (Å²) >= 11 is 0. The Morgan fingerprint density at radius 3 is 2.56 bits per heavy atom. The van der Waals surface area contributed by atoms with E-state index in [-0.39, 0.29) is 11.6 Å². The molecule has 0 aliphatic heterocycles. The monoisotopic (exact) mass is 486 g/mol. The van der Waals surface area contributed by atoms with E-state index in [0.29, 0.717) is 25.2 Å². The summed E-state index contributed by atoms with van der Waals surface area (Å²) < 4.78 is 13.0. The van der Waals surface area contributed by atoms with Gasteiger partial charge in [-0.3, -0.25) is 9.69 Å². The van der Waals surface area contributed by atoms with E-state index in [4.69, 9.17) is 8.83 Å². The highest BCUT2D eigenvalue weighted by molar-refractivity contribution is 5.83. The van der Waals surface area contributed by atoms with E-state index in [9.17, 15) is 4.79 Å². The van der Waals surface area contributed by atoms with Crippen LogP contribution < -0.4 is 5.56 Å². The number of tetrazole rings is 1. The zero-order valence-corrected chi connectivity index (χ0v) is 20.8. The molecule has 0 aliphatic carbocycles. The van der Waals surface area contributed by atoms with Crippen LogP contribution in [0.15, 0.2) is 68.6 Å². The highest BCUT2D eigenvalue weighted by Gasteiger charge is 2.28. The van der Waals surface area contributed by atoms with Gasteiger partial charge in [-0.25, -0.2) is 4.68 Å². The van der Waals surface area contributed by atoms with E-state index in [1.165, 1.54) is 0 Å². The van der Waals surface area contributed by atoms with Crippen molar-refractivity contribution < 1.29 is 8.83 Å². The van der Waals surface area contributed by atoms with Crippen molar-refractivity contribution in [1.82, 2.24) is 30.1 Å². The van der Waals surface area contributed by atoms with E-state index in [0.717, 1.165) is 52.2 Å². The number of nitrogens with one attached hydrogen (secondary N) is 1. The lowest BCUT2D eigenvalue weighted by molar-refractivity contribution is 0.144. The molecular formula is C27H30N6O3. The third kappa shape index (κ3) is 5.01. The van der Waals surface area contributed by atoms with Gasteiger partial charge in [-0.2, -0.15) is 0 Å². The molecular weight excluding hydrogens is 456 g/mol. The van der Waals surface area contributed by atoms with Crippen LogP contribution in [0.3, 0.4) is 0 Å². The molecule has 1 aromatic carbocycles. The molecule has 0 saturated carbocycles. The van der Waals surface area contributed by atoms with E-state index in [1.807, 2.05) is 43.3 Å². The summed E-state index contributed by atoms with van der Waals surface area (Å²) in [7, 11) is 0. The molecule has 0 fully saturated rings. The lowest BCUT2D eigenvalue weighted by Crippen LogP contribution is -2.32. The van der Waals surface area contributed by atoms with Gasteiger partial charge in [0.25, 0.3) is 5.56 Å². The predicted octanol–water partition coefficient (Wildman–Crippen LogP) is 4.91. The van der Waals surface area contributed by atoms with Gasteiger partial charge >= 0.3 is 0 Å². The number of nitrogens with zero attached hydrogens (tertiary/aromatic N) is 5. The summed E-state index contributed by atoms with van der Waals surface area (Å²) in [6.45, 7) is 7.59. The van der Waals surface area contributed by atoms with Gasteiger partial charge in [0.1, 0.15) is 18.1 Å². The normalized spacial score (nSPS) is 12.6. The largest absolute Gasteiger partial charge is 0.468 e. The molecule has 1 atom stereocenters. The molecule has 9 heteroatoms. The molecule has 0 saturated heterocycles. The third-order valence-corrected chi connectivity index (χ3v) is 6.45. The van der Waals surface area contributed by atoms with E-state index in [1.54, 1.807) is 17.2 Å². The lowest BCUT2D eigenvalue weighted by Gasteiger charge is -2.30. The maximum Gasteiger partial charge on any atom is 0.252 e. The van der Waals surface area contributed by atoms with E-state index < -0.39 is 0 Å². The molecule has 5 rings (SSSR count). The van der Waals surface area contributed by atoms with Crippen LogP contribution in [-0.4, -0.2) is 30.1 Å². The Bertz CT molecular complexity index is 1480. The molecule has 0 amide bonds. The zero-order chi connectivity index (χ0) is 25.1. The van der Waals surface area contributed by atoms with Gasteiger partial charge in [0.15, 0.2) is 5.82 Å². The molecule has 0 radical (unpaired) electrons. The summed E-state index contributed by atoms with van der Waals surface area (Å²) in [5, 5.41) is 13.7. The van der Waals surface area contributed by atoms with Crippen molar-refractivity contribution in [2.75, 3.05) is 0 Å². The Labute approximate surface area is 208 Å². The number of fused-ring (bicyclic) bond motifs is 1. The number of aromatic nitrogens is 5. The van der Waals surface area contributed by atoms with Crippen LogP contribution in [-0.2, 0) is 19.6 Å². The van der Waals surface area contributed by atoms with Crippen molar-refractivity contribution in [3.63, 3.8) is 0 Å². The van der Waals surface area contributed by atoms with Gasteiger partial charge in [0, 0.05) is 23.0 Å². The number of hydrogen-bond acceptors (Lipinski definition) is 7. The maximum atomic E-state index is 13.2. The average molecular weight is 487 g/mol. The van der Waals surface area contributed by atoms with E-state index >= 15 is 0 Å². The molecule has 0 unspecified atom stereocenters. The first-order valence-electron chi connectivity index (χ1n) is 12.2. The second-order valence-corrected chi connectivity index (χ2v) is 9.23. The number of aromatic amines is 1. The number of aryl methyl sites for hydroxylation is 2. The highest BCUT2D eigenvalue weighted by atomic mass is 16.3. The van der Waals surface area contributed by atoms with Gasteiger partial charge in [-0.15, -0.1) is 5.10 Å². The van der Waals surface area contributed by atoms with Gasteiger partial charge in [-0.05, 0) is 78.2 Å². The summed E-state index contributed by atoms with van der Waals surface area (Å²) in [6, 6.07) is 13.6. The predicted molar refractivity (Wildman–Crippen MR) is 135 cm³/mol. The van der Waals surface area contributed by atoms with Gasteiger partial charge in [0.05, 0.1) is 25.1 Å². The molecule has 1 N–H and O–H groups in total. The van der Waals surface area contributed by atoms with Crippen molar-refractivity contribution in [1.29, 1.82) is 0 Å². The Hall–Kier alpha value is -3.98. The Morgan fingerprint density at radius 2 is 1.83 bits per heavy atom. The molecule has 9 nitrogen and oxygen atoms in total. The fourth-order valence-corrected chi connectivity index (χ4v) is 4.79. The molecule has 0 aliphatic rings. The van der Waals surface area contributed by atoms with Crippen LogP contribution in [0.25, 0.3) is 10.9 Å². The molecule has 0 bridgehead atoms. The number of rotatable bonds is 10. The second kappa shape index (κ2) is 10.3. The standard InChI is InChI=1S/C27H30N6O3/c1-4-7-25(26-29-30-31-33(26)17-22-9-6-11-36-22)32(16-21-8-5-10-35-21)15-20-14-23-19(3)12-18(2)13-24(23)28-27(20)34/h5-6,8-14,25H,4,7,15-17H2,1-3H3,(H,28,34)/t25-/m1/s1. The van der Waals surface area contributed by atoms with Crippen LogP contribution in [0.1, 0.15) is 59.8 Å². The number of furan rings is 2. The average Bonchev–Trinajstić information content (AvgIpc) is 3.62. The molecule has 36 heavy (non-hydrogen) atoms. The minimum absolute atomic E-state index is 0.0950. The Balaban J connectivity index is 1.54. The number of hydrogen-bond donors (Lipinski definition) is 1. The number of benzene rings is 1. The van der Waals surface area contributed by atoms with Gasteiger partial charge < -0.3 is 13.8 Å². The quantitative estimate of drug-likeness (QED) is 0.299. The SMILES string of the molecule is CCC[C@H](c1nnnn1Cc1ccco1)N(Cc1ccco1)Cc1cc2c(C)cc(C)cc2[nH]c1=O. The third-order valence-electron chi connectivity index (χ3n) is 6.45. The first-order chi connectivity index (χ1) is 17.5. The van der Waals surface area contributed by atoms with Crippen LogP contribution >= 0.6 is 0 Å². The van der Waals surface area contributed by atoms with Crippen LogP contribution in [0.2, 0.25) is 0 Å².